The van der Waals surface area contributed by atoms with Gasteiger partial charge in [0.1, 0.15) is 48.3 Å². The van der Waals surface area contributed by atoms with E-state index in [-0.39, 0.29) is 70.0 Å². The van der Waals surface area contributed by atoms with Crippen molar-refractivity contribution in [2.45, 2.75) is 235 Å². The maximum Gasteiger partial charge on any atom is 0.303 e. The third-order valence-electron chi connectivity index (χ3n) is 14.7. The number of guanidine groups is 2. The quantitative estimate of drug-likeness (QED) is 0.0165. The first-order chi connectivity index (χ1) is 44.1. The lowest BCUT2D eigenvalue weighted by Gasteiger charge is -2.29. The van der Waals surface area contributed by atoms with Crippen molar-refractivity contribution in [1.29, 1.82) is 0 Å². The van der Waals surface area contributed by atoms with Gasteiger partial charge in [0.2, 0.25) is 59.1 Å². The number of aliphatic hydroxyl groups is 4. The molecule has 10 amide bonds. The number of aromatic nitrogens is 2. The summed E-state index contributed by atoms with van der Waals surface area (Å²) in [6.07, 6.45) is 11.9. The average molecular weight is 1320 g/mol. The molecule has 0 spiro atoms. The fourth-order valence-corrected chi connectivity index (χ4v) is 9.46. The predicted octanol–water partition coefficient (Wildman–Crippen LogP) is -5.26. The number of aliphatic carboxylic acids is 1. The lowest BCUT2D eigenvalue weighted by Crippen LogP contribution is -2.62. The number of nitrogens with two attached hydrogens (primary N) is 6. The Balaban J connectivity index is 3.37. The SMILES string of the molecule is CCCCCCCCCCCCCCCC(=O)NC(Cc1cnc[nH]1)C(=O)NC(CCCN=C(N)N)C(=O)NC(CCC(N)=O)C(=O)NC(C(=O)NC(CCCN=C(N)N)C(=O)NC(CO)C(=O)NC(CO)CNC(C(=O)NC(CCC(=O)O)C(N)=O)C(C)O)C(C)O. The third kappa shape index (κ3) is 37.1. The van der Waals surface area contributed by atoms with Crippen LogP contribution in [0.25, 0.3) is 0 Å². The molecule has 0 aliphatic heterocycles. The number of unbranched alkanes of at least 4 members (excludes halogenated alkanes) is 12. The van der Waals surface area contributed by atoms with Gasteiger partial charge >= 0.3 is 5.97 Å². The van der Waals surface area contributed by atoms with Crippen molar-refractivity contribution in [2.75, 3.05) is 32.8 Å². The molecule has 528 valence electrons. The standard InChI is InChI=1S/C58H105N19O16/c1-4-5-6-7-8-9-10-11-12-13-14-15-16-21-45(83)71-42(28-36-29-65-33-69-36)53(90)73-39(19-17-26-66-57(61)62)50(87)74-41(22-24-44(59)82)52(89)77-48(35(3)81)56(93)75-40(20-18-27-67-58(63)64)51(88)76-43(32-79)54(91)70-37(31-78)30-68-47(34(2)80)55(92)72-38(49(60)86)23-25-46(84)85/h29,33-35,37-43,47-48,68,78-81H,4-28,30-32H2,1-3H3,(H2,59,82)(H2,60,86)(H,65,69)(H,70,91)(H,71,83)(H,72,92)(H,73,90)(H,74,87)(H,75,93)(H,76,88)(H,77,89)(H,84,85)(H4,61,62,66)(H4,63,64,67). The van der Waals surface area contributed by atoms with Crippen LogP contribution in [-0.2, 0) is 59.2 Å². The third-order valence-corrected chi connectivity index (χ3v) is 14.7. The molecule has 0 bridgehead atoms. The largest absolute Gasteiger partial charge is 0.481 e. The lowest BCUT2D eigenvalue weighted by atomic mass is 10.0. The van der Waals surface area contributed by atoms with E-state index in [0.29, 0.717) is 12.1 Å². The molecular weight excluding hydrogens is 1220 g/mol. The Labute approximate surface area is 541 Å². The van der Waals surface area contributed by atoms with E-state index in [0.717, 1.165) is 32.6 Å². The number of nitrogens with zero attached hydrogens (tertiary/aromatic N) is 3. The Hall–Kier alpha value is -8.28. The molecule has 93 heavy (non-hydrogen) atoms. The van der Waals surface area contributed by atoms with E-state index in [1.807, 2.05) is 0 Å². The highest BCUT2D eigenvalue weighted by Gasteiger charge is 2.36. The fourth-order valence-electron chi connectivity index (χ4n) is 9.46. The van der Waals surface area contributed by atoms with Gasteiger partial charge in [-0.25, -0.2) is 4.98 Å². The van der Waals surface area contributed by atoms with Gasteiger partial charge in [-0.1, -0.05) is 84.0 Å². The van der Waals surface area contributed by atoms with Gasteiger partial charge in [-0.05, 0) is 58.8 Å². The second-order valence-corrected chi connectivity index (χ2v) is 22.9. The van der Waals surface area contributed by atoms with Crippen LogP contribution >= 0.6 is 0 Å². The fraction of sp³-hybridized carbons (Fsp3) is 0.724. The second kappa shape index (κ2) is 47.6. The molecule has 35 nitrogen and oxygen atoms in total. The number of aliphatic imine (C=N–C) groups is 2. The minimum absolute atomic E-state index is 0.00573. The van der Waals surface area contributed by atoms with Crippen LogP contribution < -0.4 is 82.3 Å². The summed E-state index contributed by atoms with van der Waals surface area (Å²) in [6.45, 7) is 2.04. The number of nitrogens with one attached hydrogen (secondary N) is 10. The van der Waals surface area contributed by atoms with Gasteiger partial charge in [0.25, 0.3) is 0 Å². The number of carbonyl (C=O) groups excluding carboxylic acids is 10. The number of H-pyrrole nitrogens is 1. The number of aliphatic hydroxyl groups excluding tert-OH is 4. The summed E-state index contributed by atoms with van der Waals surface area (Å²) in [7, 11) is 0. The molecule has 11 unspecified atom stereocenters. The molecule has 0 saturated heterocycles. The van der Waals surface area contributed by atoms with E-state index in [1.54, 1.807) is 0 Å². The van der Waals surface area contributed by atoms with Crippen molar-refractivity contribution in [3.8, 4) is 0 Å². The Bertz CT molecular complexity index is 2520. The average Bonchev–Trinajstić information content (AvgIpc) is 1.34. The van der Waals surface area contributed by atoms with E-state index in [9.17, 15) is 73.2 Å². The Morgan fingerprint density at radius 1 is 0.495 bits per heavy atom. The summed E-state index contributed by atoms with van der Waals surface area (Å²) in [4.78, 5) is 161. The number of carbonyl (C=O) groups is 11. The van der Waals surface area contributed by atoms with Crippen LogP contribution in [0, 0.1) is 0 Å². The molecule has 1 rings (SSSR count). The molecule has 0 radical (unpaired) electrons. The zero-order chi connectivity index (χ0) is 69.8. The molecule has 11 atom stereocenters. The van der Waals surface area contributed by atoms with Gasteiger partial charge in [0.15, 0.2) is 11.9 Å². The number of amides is 10. The van der Waals surface area contributed by atoms with Gasteiger partial charge in [0.05, 0.1) is 37.8 Å². The number of imidazole rings is 1. The topological polar surface area (TPSA) is 607 Å². The molecule has 1 aromatic heterocycles. The van der Waals surface area contributed by atoms with E-state index in [4.69, 9.17) is 39.5 Å². The Morgan fingerprint density at radius 2 is 0.935 bits per heavy atom. The zero-order valence-electron chi connectivity index (χ0n) is 53.8. The van der Waals surface area contributed by atoms with E-state index < -0.39 is 171 Å². The summed E-state index contributed by atoms with van der Waals surface area (Å²) >= 11 is 0. The number of carboxylic acid groups (broad SMARTS) is 1. The Morgan fingerprint density at radius 3 is 1.39 bits per heavy atom. The molecule has 0 saturated carbocycles. The molecular formula is C58H105N19O16. The van der Waals surface area contributed by atoms with Crippen molar-refractivity contribution in [2.24, 2.45) is 44.4 Å². The van der Waals surface area contributed by atoms with Crippen LogP contribution in [-0.4, -0.2) is 212 Å². The van der Waals surface area contributed by atoms with Crippen molar-refractivity contribution in [3.05, 3.63) is 18.2 Å². The maximum atomic E-state index is 14.3. The zero-order valence-corrected chi connectivity index (χ0v) is 53.8. The predicted molar refractivity (Wildman–Crippen MR) is 342 cm³/mol. The van der Waals surface area contributed by atoms with Crippen LogP contribution in [0.4, 0.5) is 0 Å². The van der Waals surface area contributed by atoms with E-state index >= 15 is 0 Å². The van der Waals surface area contributed by atoms with Crippen LogP contribution in [0.15, 0.2) is 22.5 Å². The van der Waals surface area contributed by atoms with Crippen molar-refractivity contribution in [3.63, 3.8) is 0 Å². The van der Waals surface area contributed by atoms with Gasteiger partial charge in [0, 0.05) is 57.2 Å². The monoisotopic (exact) mass is 1320 g/mol. The van der Waals surface area contributed by atoms with Gasteiger partial charge < -0.3 is 113 Å². The van der Waals surface area contributed by atoms with Crippen molar-refractivity contribution >= 4 is 77.0 Å². The smallest absolute Gasteiger partial charge is 0.303 e. The van der Waals surface area contributed by atoms with Gasteiger partial charge in [-0.2, -0.15) is 0 Å². The first-order valence-corrected chi connectivity index (χ1v) is 31.7. The van der Waals surface area contributed by atoms with E-state index in [1.165, 1.54) is 70.8 Å². The normalized spacial score (nSPS) is 14.7. The number of hydrogen-bond donors (Lipinski definition) is 21. The minimum Gasteiger partial charge on any atom is -0.481 e. The van der Waals surface area contributed by atoms with Crippen molar-refractivity contribution in [1.82, 2.24) is 57.8 Å². The highest BCUT2D eigenvalue weighted by molar-refractivity contribution is 5.98. The first-order valence-electron chi connectivity index (χ1n) is 31.7. The lowest BCUT2D eigenvalue weighted by molar-refractivity contribution is -0.138. The maximum absolute atomic E-state index is 14.3. The molecule has 0 aliphatic rings. The molecule has 35 heteroatoms. The molecule has 0 aliphatic carbocycles. The summed E-state index contributed by atoms with van der Waals surface area (Å²) < 4.78 is 0. The summed E-state index contributed by atoms with van der Waals surface area (Å²) in [6, 6.07) is -14.0. The number of aromatic amines is 1. The second-order valence-electron chi connectivity index (χ2n) is 22.9. The molecule has 1 heterocycles. The van der Waals surface area contributed by atoms with Crippen molar-refractivity contribution < 1.29 is 78.3 Å². The van der Waals surface area contributed by atoms with Gasteiger partial charge in [-0.3, -0.25) is 62.7 Å². The number of rotatable bonds is 53. The highest BCUT2D eigenvalue weighted by Crippen LogP contribution is 2.14. The number of carboxylic acids is 1. The first kappa shape index (κ1) is 82.7. The van der Waals surface area contributed by atoms with E-state index in [2.05, 4.69) is 74.7 Å². The van der Waals surface area contributed by atoms with Gasteiger partial charge in [-0.15, -0.1) is 0 Å². The number of hydrogen-bond acceptors (Lipinski definition) is 19. The summed E-state index contributed by atoms with van der Waals surface area (Å²) in [5.74, 6) is -11.6. The Kier molecular flexibility index (Phi) is 42.3. The molecule has 0 aromatic carbocycles. The molecule has 27 N–H and O–H groups in total. The molecule has 0 fully saturated rings. The van der Waals surface area contributed by atoms with Crippen LogP contribution in [0.1, 0.15) is 168 Å². The molecule has 1 aromatic rings. The highest BCUT2D eigenvalue weighted by atomic mass is 16.4. The summed E-state index contributed by atoms with van der Waals surface area (Å²) in [5.41, 5.74) is 33.2. The minimum atomic E-state index is -1.92. The van der Waals surface area contributed by atoms with Crippen LogP contribution in [0.2, 0.25) is 0 Å². The summed E-state index contributed by atoms with van der Waals surface area (Å²) in [5, 5.41) is 72.9. The van der Waals surface area contributed by atoms with Crippen LogP contribution in [0.5, 0.6) is 0 Å². The number of primary amides is 2. The van der Waals surface area contributed by atoms with Crippen LogP contribution in [0.3, 0.4) is 0 Å².